The molecule has 1 fully saturated rings. The number of hydrogen-bond donors (Lipinski definition) is 3. The minimum atomic E-state index is -0.516. The largest absolute Gasteiger partial charge is 0.474 e. The number of ether oxygens (including phenoxy) is 2. The van der Waals surface area contributed by atoms with Gasteiger partial charge in [0.2, 0.25) is 11.8 Å². The summed E-state index contributed by atoms with van der Waals surface area (Å²) in [5.41, 5.74) is 9.82. The van der Waals surface area contributed by atoms with Crippen LogP contribution in [-0.4, -0.2) is 69.5 Å². The maximum atomic E-state index is 15.5. The quantitative estimate of drug-likeness (QED) is 0.331. The van der Waals surface area contributed by atoms with Crippen LogP contribution >= 0.6 is 0 Å². The number of amides is 1. The van der Waals surface area contributed by atoms with Crippen molar-refractivity contribution in [3.63, 3.8) is 0 Å². The fourth-order valence-corrected chi connectivity index (χ4v) is 5.77. The Balaban J connectivity index is 1.17. The van der Waals surface area contributed by atoms with E-state index >= 15 is 4.39 Å². The molecule has 1 amide bonds. The van der Waals surface area contributed by atoms with Crippen LogP contribution in [0.3, 0.4) is 0 Å². The average Bonchev–Trinajstić information content (AvgIpc) is 3.59. The number of carbonyl (C=O) groups is 1. The molecule has 0 bridgehead atoms. The highest BCUT2D eigenvalue weighted by Gasteiger charge is 2.30. The molecular weight excluding hydrogens is 515 g/mol. The number of fused-ring (bicyclic) bond motifs is 3. The van der Waals surface area contributed by atoms with Gasteiger partial charge in [-0.05, 0) is 36.4 Å². The first-order chi connectivity index (χ1) is 19.5. The van der Waals surface area contributed by atoms with Crippen molar-refractivity contribution in [1.29, 1.82) is 0 Å². The SMILES string of the molecule is Cc1c(-c2cc3cc(Nc4cc5n(n4)CC(=O)N([C@@H]4CCOC4)CC5)ncc3c(N)c2F)cnc2c1NCCO2. The average molecular weight is 545 g/mol. The Morgan fingerprint density at radius 2 is 2.05 bits per heavy atom. The van der Waals surface area contributed by atoms with Gasteiger partial charge in [0.15, 0.2) is 11.6 Å². The summed E-state index contributed by atoms with van der Waals surface area (Å²) in [7, 11) is 0. The summed E-state index contributed by atoms with van der Waals surface area (Å²) in [4.78, 5) is 23.7. The van der Waals surface area contributed by atoms with Crippen molar-refractivity contribution in [2.24, 2.45) is 0 Å². The maximum Gasteiger partial charge on any atom is 0.244 e. The molecule has 4 aromatic rings. The van der Waals surface area contributed by atoms with Gasteiger partial charge < -0.3 is 30.7 Å². The van der Waals surface area contributed by atoms with Crippen molar-refractivity contribution < 1.29 is 18.7 Å². The van der Waals surface area contributed by atoms with E-state index in [-0.39, 0.29) is 24.2 Å². The summed E-state index contributed by atoms with van der Waals surface area (Å²) in [6.07, 6.45) is 4.75. The molecule has 3 aromatic heterocycles. The summed E-state index contributed by atoms with van der Waals surface area (Å²) in [5, 5.41) is 12.4. The summed E-state index contributed by atoms with van der Waals surface area (Å²) in [5.74, 6) is 1.16. The first kappa shape index (κ1) is 24.6. The molecule has 1 aromatic carbocycles. The van der Waals surface area contributed by atoms with Crippen LogP contribution in [0.4, 0.5) is 27.4 Å². The van der Waals surface area contributed by atoms with Crippen molar-refractivity contribution in [3.05, 3.63) is 47.7 Å². The lowest BCUT2D eigenvalue weighted by Gasteiger charge is -2.26. The van der Waals surface area contributed by atoms with Gasteiger partial charge in [-0.3, -0.25) is 9.48 Å². The summed E-state index contributed by atoms with van der Waals surface area (Å²) < 4.78 is 28.3. The normalized spacial score (nSPS) is 18.6. The Morgan fingerprint density at radius 1 is 1.15 bits per heavy atom. The molecule has 1 saturated heterocycles. The van der Waals surface area contributed by atoms with Crippen LogP contribution in [0.2, 0.25) is 0 Å². The van der Waals surface area contributed by atoms with Gasteiger partial charge in [0, 0.05) is 66.8 Å². The standard InChI is InChI=1S/C28H29FN8O3/c1-15-20(11-33-28-27(15)31-4-7-40-28)19-8-16-9-22(32-12-21(16)26(30)25(19)29)34-23-10-17-2-5-36(18-3-6-39-14-18)24(38)13-37(17)35-23/h8-12,18,31H,2-7,13-14,30H2,1H3,(H,32,34,35)/t18-/m1/s1. The van der Waals surface area contributed by atoms with Gasteiger partial charge in [-0.1, -0.05) is 0 Å². The second kappa shape index (κ2) is 9.63. The number of nitrogens with zero attached hydrogens (tertiary/aromatic N) is 5. The van der Waals surface area contributed by atoms with Gasteiger partial charge in [0.1, 0.15) is 24.7 Å². The number of hydrogen-bond acceptors (Lipinski definition) is 9. The molecule has 12 heteroatoms. The van der Waals surface area contributed by atoms with Crippen LogP contribution in [0.5, 0.6) is 5.88 Å². The molecule has 3 aliphatic rings. The van der Waals surface area contributed by atoms with Crippen LogP contribution in [0, 0.1) is 12.7 Å². The van der Waals surface area contributed by atoms with E-state index in [2.05, 4.69) is 25.7 Å². The molecule has 0 aliphatic carbocycles. The van der Waals surface area contributed by atoms with Gasteiger partial charge in [0.05, 0.1) is 18.3 Å². The Hall–Kier alpha value is -4.45. The molecule has 6 heterocycles. The minimum absolute atomic E-state index is 0.0253. The highest BCUT2D eigenvalue weighted by atomic mass is 19.1. The third kappa shape index (κ3) is 4.15. The highest BCUT2D eigenvalue weighted by molar-refractivity contribution is 5.98. The van der Waals surface area contributed by atoms with Crippen LogP contribution < -0.4 is 21.1 Å². The predicted octanol–water partition coefficient (Wildman–Crippen LogP) is 3.24. The number of aromatic nitrogens is 4. The number of nitrogens with one attached hydrogen (secondary N) is 2. The van der Waals surface area contributed by atoms with E-state index in [4.69, 9.17) is 15.2 Å². The number of anilines is 4. The van der Waals surface area contributed by atoms with Crippen LogP contribution in [0.15, 0.2) is 30.6 Å². The third-order valence-electron chi connectivity index (χ3n) is 7.92. The molecule has 4 N–H and O–H groups in total. The van der Waals surface area contributed by atoms with Crippen molar-refractivity contribution in [3.8, 4) is 17.0 Å². The Bertz CT molecular complexity index is 1650. The molecule has 7 rings (SSSR count). The smallest absolute Gasteiger partial charge is 0.244 e. The van der Waals surface area contributed by atoms with E-state index in [9.17, 15) is 4.79 Å². The lowest BCUT2D eigenvalue weighted by atomic mass is 9.97. The second-order valence-corrected chi connectivity index (χ2v) is 10.4. The Morgan fingerprint density at radius 3 is 2.90 bits per heavy atom. The molecule has 0 radical (unpaired) electrons. The first-order valence-electron chi connectivity index (χ1n) is 13.4. The number of nitrogens with two attached hydrogens (primary N) is 1. The van der Waals surface area contributed by atoms with Gasteiger partial charge in [0.25, 0.3) is 0 Å². The zero-order chi connectivity index (χ0) is 27.4. The summed E-state index contributed by atoms with van der Waals surface area (Å²) in [6, 6.07) is 5.66. The van der Waals surface area contributed by atoms with Crippen molar-refractivity contribution in [2.45, 2.75) is 32.4 Å². The molecule has 0 spiro atoms. The maximum absolute atomic E-state index is 15.5. The minimum Gasteiger partial charge on any atom is -0.474 e. The first-order valence-corrected chi connectivity index (χ1v) is 13.4. The van der Waals surface area contributed by atoms with E-state index in [1.165, 1.54) is 0 Å². The molecule has 11 nitrogen and oxygen atoms in total. The fraction of sp³-hybridized carbons (Fsp3) is 0.357. The molecule has 3 aliphatic heterocycles. The van der Waals surface area contributed by atoms with Crippen molar-refractivity contribution >= 4 is 39.7 Å². The van der Waals surface area contributed by atoms with E-state index in [0.717, 1.165) is 28.8 Å². The zero-order valence-corrected chi connectivity index (χ0v) is 22.0. The molecule has 40 heavy (non-hydrogen) atoms. The number of carbonyl (C=O) groups excluding carboxylic acids is 1. The molecular formula is C28H29FN8O3. The van der Waals surface area contributed by atoms with Gasteiger partial charge in [-0.2, -0.15) is 5.10 Å². The van der Waals surface area contributed by atoms with E-state index in [1.807, 2.05) is 24.0 Å². The van der Waals surface area contributed by atoms with Crippen LogP contribution in [-0.2, 0) is 22.5 Å². The predicted molar refractivity (Wildman–Crippen MR) is 148 cm³/mol. The van der Waals surface area contributed by atoms with Crippen LogP contribution in [0.25, 0.3) is 21.9 Å². The summed E-state index contributed by atoms with van der Waals surface area (Å²) in [6.45, 7) is 5.21. The molecule has 1 atom stereocenters. The second-order valence-electron chi connectivity index (χ2n) is 10.4. The van der Waals surface area contributed by atoms with Gasteiger partial charge >= 0.3 is 0 Å². The molecule has 206 valence electrons. The molecule has 0 saturated carbocycles. The highest BCUT2D eigenvalue weighted by Crippen LogP contribution is 2.39. The monoisotopic (exact) mass is 544 g/mol. The number of nitrogen functional groups attached to an aromatic ring is 1. The Labute approximate surface area is 229 Å². The number of rotatable bonds is 4. The van der Waals surface area contributed by atoms with Crippen LogP contribution in [0.1, 0.15) is 17.7 Å². The molecule has 0 unspecified atom stereocenters. The fourth-order valence-electron chi connectivity index (χ4n) is 5.77. The third-order valence-corrected chi connectivity index (χ3v) is 7.92. The number of halogens is 1. The summed E-state index contributed by atoms with van der Waals surface area (Å²) >= 11 is 0. The zero-order valence-electron chi connectivity index (χ0n) is 22.0. The van der Waals surface area contributed by atoms with E-state index in [0.29, 0.717) is 73.4 Å². The van der Waals surface area contributed by atoms with Gasteiger partial charge in [-0.15, -0.1) is 0 Å². The number of pyridine rings is 2. The lowest BCUT2D eigenvalue weighted by Crippen LogP contribution is -2.42. The van der Waals surface area contributed by atoms with Gasteiger partial charge in [-0.25, -0.2) is 14.4 Å². The van der Waals surface area contributed by atoms with E-state index in [1.54, 1.807) is 23.1 Å². The van der Waals surface area contributed by atoms with E-state index < -0.39 is 5.82 Å². The lowest BCUT2D eigenvalue weighted by molar-refractivity contribution is -0.133. The van der Waals surface area contributed by atoms with Crippen molar-refractivity contribution in [2.75, 3.05) is 49.3 Å². The number of benzene rings is 1. The van der Waals surface area contributed by atoms with Crippen molar-refractivity contribution in [1.82, 2.24) is 24.6 Å². The Kier molecular flexibility index (Phi) is 5.92. The topological polar surface area (TPSA) is 132 Å².